The monoisotopic (exact) mass is 449 g/mol. The van der Waals surface area contributed by atoms with Crippen molar-refractivity contribution in [3.63, 3.8) is 0 Å². The third-order valence-corrected chi connectivity index (χ3v) is 7.14. The zero-order valence-electron chi connectivity index (χ0n) is 18.3. The molecule has 0 unspecified atom stereocenters. The molecule has 1 aromatic carbocycles. The topological polar surface area (TPSA) is 33.0 Å². The van der Waals surface area contributed by atoms with Crippen LogP contribution in [-0.2, 0) is 0 Å². The molecule has 1 aromatic rings. The lowest BCUT2D eigenvalue weighted by Crippen LogP contribution is -2.25. The molecule has 0 heterocycles. The van der Waals surface area contributed by atoms with Crippen LogP contribution in [0.4, 0.5) is 17.6 Å². The summed E-state index contributed by atoms with van der Waals surface area (Å²) < 4.78 is 53.7. The zero-order valence-corrected chi connectivity index (χ0v) is 18.3. The van der Waals surface area contributed by atoms with Crippen LogP contribution in [0.1, 0.15) is 75.7 Å². The van der Waals surface area contributed by atoms with E-state index in [-0.39, 0.29) is 5.75 Å². The van der Waals surface area contributed by atoms with Gasteiger partial charge in [-0.15, -0.1) is 13.2 Å². The Morgan fingerprint density at radius 2 is 1.56 bits per heavy atom. The van der Waals surface area contributed by atoms with Crippen molar-refractivity contribution in [2.24, 2.45) is 17.8 Å². The molecule has 2 saturated carbocycles. The number of ether oxygens (including phenoxy) is 1. The van der Waals surface area contributed by atoms with Crippen molar-refractivity contribution >= 4 is 0 Å². The van der Waals surface area contributed by atoms with Crippen molar-refractivity contribution in [3.8, 4) is 11.8 Å². The first kappa shape index (κ1) is 24.4. The van der Waals surface area contributed by atoms with E-state index in [4.69, 9.17) is 5.26 Å². The predicted octanol–water partition coefficient (Wildman–Crippen LogP) is 8.38. The van der Waals surface area contributed by atoms with Crippen LogP contribution in [0.3, 0.4) is 0 Å². The van der Waals surface area contributed by atoms with Gasteiger partial charge in [-0.1, -0.05) is 37.1 Å². The van der Waals surface area contributed by atoms with Crippen molar-refractivity contribution in [1.29, 1.82) is 5.26 Å². The first-order valence-corrected chi connectivity index (χ1v) is 11.6. The summed E-state index contributed by atoms with van der Waals surface area (Å²) in [5.41, 5.74) is 1.11. The second-order valence-corrected chi connectivity index (χ2v) is 9.14. The summed E-state index contributed by atoms with van der Waals surface area (Å²) in [6.45, 7) is 0. The van der Waals surface area contributed by atoms with Gasteiger partial charge in [0.25, 0.3) is 0 Å². The zero-order chi connectivity index (χ0) is 23.0. The van der Waals surface area contributed by atoms with Gasteiger partial charge in [0, 0.05) is 0 Å². The van der Waals surface area contributed by atoms with Crippen LogP contribution < -0.4 is 4.74 Å². The maximum absolute atomic E-state index is 12.7. The van der Waals surface area contributed by atoms with E-state index in [1.165, 1.54) is 62.8 Å². The third-order valence-electron chi connectivity index (χ3n) is 7.14. The number of nitriles is 1. The van der Waals surface area contributed by atoms with E-state index in [9.17, 15) is 17.6 Å². The Morgan fingerprint density at radius 3 is 2.12 bits per heavy atom. The molecule has 2 aliphatic rings. The predicted molar refractivity (Wildman–Crippen MR) is 116 cm³/mol. The van der Waals surface area contributed by atoms with Crippen molar-refractivity contribution in [2.45, 2.75) is 76.5 Å². The van der Waals surface area contributed by atoms with Gasteiger partial charge in [0.05, 0.1) is 0 Å². The molecule has 32 heavy (non-hydrogen) atoms. The molecular formula is C26H31F4NO. The molecule has 0 radical (unpaired) electrons. The minimum atomic E-state index is -4.65. The maximum atomic E-state index is 12.7. The van der Waals surface area contributed by atoms with Gasteiger partial charge in [0.2, 0.25) is 0 Å². The van der Waals surface area contributed by atoms with E-state index < -0.39 is 12.2 Å². The van der Waals surface area contributed by atoms with E-state index >= 15 is 0 Å². The fourth-order valence-electron chi connectivity index (χ4n) is 5.43. The number of hydrogen-bond donors (Lipinski definition) is 0. The summed E-state index contributed by atoms with van der Waals surface area (Å²) in [6.07, 6.45) is 11.8. The lowest BCUT2D eigenvalue weighted by atomic mass is 9.68. The van der Waals surface area contributed by atoms with Crippen molar-refractivity contribution in [1.82, 2.24) is 0 Å². The molecule has 0 aromatic heterocycles. The van der Waals surface area contributed by atoms with Crippen LogP contribution >= 0.6 is 0 Å². The average Bonchev–Trinajstić information content (AvgIpc) is 2.79. The van der Waals surface area contributed by atoms with Gasteiger partial charge < -0.3 is 4.74 Å². The number of alkyl halides is 3. The molecule has 2 aliphatic carbocycles. The first-order valence-electron chi connectivity index (χ1n) is 11.6. The van der Waals surface area contributed by atoms with E-state index in [1.807, 2.05) is 6.08 Å². The van der Waals surface area contributed by atoms with Crippen molar-refractivity contribution in [2.75, 3.05) is 0 Å². The minimum Gasteiger partial charge on any atom is -0.406 e. The molecule has 2 fully saturated rings. The van der Waals surface area contributed by atoms with Gasteiger partial charge in [-0.3, -0.25) is 0 Å². The molecule has 0 bridgehead atoms. The Labute approximate surface area is 188 Å². The number of benzene rings is 1. The Hall–Kier alpha value is -2.29. The van der Waals surface area contributed by atoms with Gasteiger partial charge in [-0.05, 0) is 98.8 Å². The molecule has 0 amide bonds. The second kappa shape index (κ2) is 11.5. The lowest BCUT2D eigenvalue weighted by Gasteiger charge is -2.38. The summed E-state index contributed by atoms with van der Waals surface area (Å²) in [4.78, 5) is 0. The lowest BCUT2D eigenvalue weighted by molar-refractivity contribution is -0.274. The van der Waals surface area contributed by atoms with Gasteiger partial charge in [0.15, 0.2) is 5.83 Å². The smallest absolute Gasteiger partial charge is 0.406 e. The number of allylic oxidation sites excluding steroid dienone is 4. The molecule has 2 nitrogen and oxygen atoms in total. The highest BCUT2D eigenvalue weighted by Crippen LogP contribution is 2.44. The normalized spacial score (nSPS) is 27.3. The highest BCUT2D eigenvalue weighted by atomic mass is 19.4. The van der Waals surface area contributed by atoms with Crippen LogP contribution in [0.5, 0.6) is 5.75 Å². The van der Waals surface area contributed by atoms with Crippen molar-refractivity contribution < 1.29 is 22.3 Å². The van der Waals surface area contributed by atoms with Crippen LogP contribution in [0.15, 0.2) is 48.3 Å². The summed E-state index contributed by atoms with van der Waals surface area (Å²) >= 11 is 0. The standard InChI is InChI=1S/C26H31F4NO/c27-24(18-31)5-3-1-2-4-19-6-8-20(9-7-19)21-10-12-22(13-11-21)23-14-16-25(17-15-23)32-26(28,29)30/h1,3,5,14-17,19-22H,2,4,6-13H2/t19-,20-,21-,22-. The van der Waals surface area contributed by atoms with Gasteiger partial charge in [0.1, 0.15) is 11.8 Å². The van der Waals surface area contributed by atoms with Crippen LogP contribution in [0.2, 0.25) is 0 Å². The van der Waals surface area contributed by atoms with E-state index in [1.54, 1.807) is 18.2 Å². The molecule has 0 saturated heterocycles. The van der Waals surface area contributed by atoms with Crippen LogP contribution in [-0.4, -0.2) is 6.36 Å². The first-order chi connectivity index (χ1) is 15.3. The Balaban J connectivity index is 1.37. The van der Waals surface area contributed by atoms with Gasteiger partial charge >= 0.3 is 6.36 Å². The largest absolute Gasteiger partial charge is 0.573 e. The molecule has 3 rings (SSSR count). The molecular weight excluding hydrogens is 418 g/mol. The summed E-state index contributed by atoms with van der Waals surface area (Å²) in [5.74, 6) is 1.79. The third kappa shape index (κ3) is 7.69. The van der Waals surface area contributed by atoms with Gasteiger partial charge in [-0.25, -0.2) is 0 Å². The molecule has 6 heteroatoms. The van der Waals surface area contributed by atoms with E-state index in [0.717, 1.165) is 49.0 Å². The molecule has 0 N–H and O–H groups in total. The maximum Gasteiger partial charge on any atom is 0.573 e. The Bertz CT molecular complexity index is 806. The highest BCUT2D eigenvalue weighted by Gasteiger charge is 2.32. The summed E-state index contributed by atoms with van der Waals surface area (Å²) in [5, 5.41) is 8.38. The quantitative estimate of drug-likeness (QED) is 0.238. The fraction of sp³-hybridized carbons (Fsp3) is 0.577. The van der Waals surface area contributed by atoms with E-state index in [0.29, 0.717) is 5.92 Å². The van der Waals surface area contributed by atoms with Crippen LogP contribution in [0, 0.1) is 29.1 Å². The summed E-state index contributed by atoms with van der Waals surface area (Å²) in [7, 11) is 0. The minimum absolute atomic E-state index is 0.159. The summed E-state index contributed by atoms with van der Waals surface area (Å²) in [6, 6.07) is 7.85. The molecule has 0 aliphatic heterocycles. The molecule has 0 spiro atoms. The highest BCUT2D eigenvalue weighted by molar-refractivity contribution is 5.30. The Morgan fingerprint density at radius 1 is 0.969 bits per heavy atom. The van der Waals surface area contributed by atoms with Crippen LogP contribution in [0.25, 0.3) is 0 Å². The second-order valence-electron chi connectivity index (χ2n) is 9.14. The molecule has 174 valence electrons. The number of rotatable bonds is 7. The van der Waals surface area contributed by atoms with E-state index in [2.05, 4.69) is 4.74 Å². The SMILES string of the molecule is N#CC(F)=CC=CCC[C@H]1CC[C@H]([C@H]2CC[C@H](c3ccc(OC(F)(F)F)cc3)CC2)CC1. The van der Waals surface area contributed by atoms with Crippen molar-refractivity contribution in [3.05, 3.63) is 53.9 Å². The van der Waals surface area contributed by atoms with Gasteiger partial charge in [-0.2, -0.15) is 9.65 Å². The number of nitrogens with zero attached hydrogens (tertiary/aromatic N) is 1. The average molecular weight is 450 g/mol. The number of halogens is 4. The number of hydrogen-bond acceptors (Lipinski definition) is 2. The molecule has 0 atom stereocenters. The fourth-order valence-corrected chi connectivity index (χ4v) is 5.43. The Kier molecular flexibility index (Phi) is 8.78.